The van der Waals surface area contributed by atoms with Crippen molar-refractivity contribution in [3.63, 3.8) is 0 Å². The van der Waals surface area contributed by atoms with Gasteiger partial charge in [0, 0.05) is 11.6 Å². The molecule has 0 fully saturated rings. The Morgan fingerprint density at radius 1 is 0.971 bits per heavy atom. The van der Waals surface area contributed by atoms with Gasteiger partial charge in [-0.05, 0) is 53.3 Å². The number of nitrogens with one attached hydrogen (secondary N) is 2. The topological polar surface area (TPSA) is 105 Å². The first-order valence-electron chi connectivity index (χ1n) is 11.6. The number of carboxylic acids is 1. The van der Waals surface area contributed by atoms with Crippen molar-refractivity contribution >= 4 is 23.7 Å². The lowest BCUT2D eigenvalue weighted by atomic mass is 9.98. The number of fused-ring (bicyclic) bond motifs is 3. The summed E-state index contributed by atoms with van der Waals surface area (Å²) in [7, 11) is 0. The number of carbonyl (C=O) groups is 3. The zero-order valence-electron chi connectivity index (χ0n) is 19.7. The van der Waals surface area contributed by atoms with Gasteiger partial charge in [-0.1, -0.05) is 67.9 Å². The highest BCUT2D eigenvalue weighted by Gasteiger charge is 2.29. The van der Waals surface area contributed by atoms with Crippen LogP contribution in [0.3, 0.4) is 0 Å². The average Bonchev–Trinajstić information content (AvgIpc) is 3.17. The smallest absolute Gasteiger partial charge is 0.407 e. The lowest BCUT2D eigenvalue weighted by molar-refractivity contribution is -0.118. The van der Waals surface area contributed by atoms with Gasteiger partial charge in [-0.25, -0.2) is 9.59 Å². The maximum atomic E-state index is 12.9. The predicted molar refractivity (Wildman–Crippen MR) is 134 cm³/mol. The van der Waals surface area contributed by atoms with Crippen LogP contribution in [0, 0.1) is 6.92 Å². The van der Waals surface area contributed by atoms with Gasteiger partial charge in [-0.15, -0.1) is 0 Å². The second-order valence-corrected chi connectivity index (χ2v) is 8.64. The Hall–Kier alpha value is -4.13. The Labute approximate surface area is 204 Å². The molecule has 0 aromatic heterocycles. The maximum absolute atomic E-state index is 12.9. The van der Waals surface area contributed by atoms with Crippen molar-refractivity contribution in [1.29, 1.82) is 0 Å². The zero-order chi connectivity index (χ0) is 24.9. The van der Waals surface area contributed by atoms with Crippen LogP contribution in [0.15, 0.2) is 66.7 Å². The van der Waals surface area contributed by atoms with Gasteiger partial charge in [0.25, 0.3) is 0 Å². The number of aryl methyl sites for hydroxylation is 1. The van der Waals surface area contributed by atoms with Crippen LogP contribution >= 0.6 is 0 Å². The van der Waals surface area contributed by atoms with Crippen LogP contribution < -0.4 is 10.6 Å². The first-order valence-corrected chi connectivity index (χ1v) is 11.6. The third-order valence-corrected chi connectivity index (χ3v) is 6.27. The first kappa shape index (κ1) is 24.0. The van der Waals surface area contributed by atoms with Crippen molar-refractivity contribution in [3.05, 3.63) is 89.0 Å². The number of benzene rings is 3. The fourth-order valence-corrected chi connectivity index (χ4v) is 4.45. The van der Waals surface area contributed by atoms with E-state index >= 15 is 0 Å². The monoisotopic (exact) mass is 472 g/mol. The zero-order valence-corrected chi connectivity index (χ0v) is 19.7. The van der Waals surface area contributed by atoms with Gasteiger partial charge >= 0.3 is 12.1 Å². The Balaban J connectivity index is 1.42. The van der Waals surface area contributed by atoms with E-state index in [1.165, 1.54) is 12.1 Å². The Morgan fingerprint density at radius 2 is 1.60 bits per heavy atom. The van der Waals surface area contributed by atoms with E-state index in [-0.39, 0.29) is 18.1 Å². The molecule has 0 saturated carbocycles. The van der Waals surface area contributed by atoms with E-state index in [1.54, 1.807) is 13.0 Å². The van der Waals surface area contributed by atoms with Crippen molar-refractivity contribution in [2.75, 3.05) is 11.9 Å². The van der Waals surface area contributed by atoms with Gasteiger partial charge < -0.3 is 20.5 Å². The summed E-state index contributed by atoms with van der Waals surface area (Å²) < 4.78 is 5.58. The Bertz CT molecular complexity index is 1220. The molecule has 35 heavy (non-hydrogen) atoms. The van der Waals surface area contributed by atoms with Crippen LogP contribution in [0.5, 0.6) is 0 Å². The summed E-state index contributed by atoms with van der Waals surface area (Å²) in [5, 5.41) is 14.7. The van der Waals surface area contributed by atoms with Crippen molar-refractivity contribution in [1.82, 2.24) is 5.32 Å². The Morgan fingerprint density at radius 3 is 2.20 bits per heavy atom. The molecule has 0 heterocycles. The predicted octanol–water partition coefficient (Wildman–Crippen LogP) is 5.34. The summed E-state index contributed by atoms with van der Waals surface area (Å²) in [6, 6.07) is 19.9. The van der Waals surface area contributed by atoms with Crippen LogP contribution in [0.2, 0.25) is 0 Å². The molecule has 1 aliphatic carbocycles. The molecule has 0 radical (unpaired) electrons. The molecule has 0 saturated heterocycles. The molecular weight excluding hydrogens is 444 g/mol. The van der Waals surface area contributed by atoms with E-state index < -0.39 is 24.0 Å². The third kappa shape index (κ3) is 5.19. The minimum Gasteiger partial charge on any atom is -0.478 e. The number of hydrogen-bond donors (Lipinski definition) is 3. The fourth-order valence-electron chi connectivity index (χ4n) is 4.45. The van der Waals surface area contributed by atoms with Crippen LogP contribution in [0.1, 0.15) is 52.7 Å². The van der Waals surface area contributed by atoms with Gasteiger partial charge in [0.05, 0.1) is 5.56 Å². The molecule has 0 aliphatic heterocycles. The van der Waals surface area contributed by atoms with Crippen molar-refractivity contribution in [3.8, 4) is 11.1 Å². The van der Waals surface area contributed by atoms with Crippen molar-refractivity contribution < 1.29 is 24.2 Å². The second-order valence-electron chi connectivity index (χ2n) is 8.64. The van der Waals surface area contributed by atoms with Gasteiger partial charge in [-0.2, -0.15) is 0 Å². The first-order chi connectivity index (χ1) is 16.9. The fraction of sp³-hybridized carbons (Fsp3) is 0.250. The van der Waals surface area contributed by atoms with Gasteiger partial charge in [0.1, 0.15) is 12.6 Å². The van der Waals surface area contributed by atoms with Crippen LogP contribution in [-0.2, 0) is 9.53 Å². The second kappa shape index (κ2) is 10.4. The van der Waals surface area contributed by atoms with E-state index in [0.29, 0.717) is 18.5 Å². The summed E-state index contributed by atoms with van der Waals surface area (Å²) in [6.45, 7) is 3.84. The molecule has 180 valence electrons. The highest BCUT2D eigenvalue weighted by atomic mass is 16.5. The van der Waals surface area contributed by atoms with E-state index in [2.05, 4.69) is 22.8 Å². The van der Waals surface area contributed by atoms with E-state index in [1.807, 2.05) is 43.3 Å². The average molecular weight is 473 g/mol. The quantitative estimate of drug-likeness (QED) is 0.411. The maximum Gasteiger partial charge on any atom is 0.407 e. The van der Waals surface area contributed by atoms with Crippen molar-refractivity contribution in [2.45, 2.75) is 38.6 Å². The van der Waals surface area contributed by atoms with Crippen LogP contribution in [0.4, 0.5) is 10.5 Å². The van der Waals surface area contributed by atoms with E-state index in [0.717, 1.165) is 27.8 Å². The number of rotatable bonds is 8. The molecular formula is C28H28N2O5. The number of carboxylic acid groups (broad SMARTS) is 1. The number of ether oxygens (including phenoxy) is 1. The van der Waals surface area contributed by atoms with Gasteiger partial charge in [0.15, 0.2) is 0 Å². The van der Waals surface area contributed by atoms with Crippen molar-refractivity contribution in [2.24, 2.45) is 0 Å². The molecule has 1 aliphatic rings. The number of aromatic carboxylic acids is 1. The molecule has 4 rings (SSSR count). The molecule has 0 bridgehead atoms. The lowest BCUT2D eigenvalue weighted by Crippen LogP contribution is -2.44. The molecule has 7 nitrogen and oxygen atoms in total. The van der Waals surface area contributed by atoms with E-state index in [4.69, 9.17) is 4.74 Å². The molecule has 0 unspecified atom stereocenters. The molecule has 7 heteroatoms. The summed E-state index contributed by atoms with van der Waals surface area (Å²) >= 11 is 0. The Kier molecular flexibility index (Phi) is 7.15. The van der Waals surface area contributed by atoms with Crippen LogP contribution in [-0.4, -0.2) is 35.7 Å². The molecule has 3 aromatic carbocycles. The van der Waals surface area contributed by atoms with Crippen LogP contribution in [0.25, 0.3) is 11.1 Å². The molecule has 3 N–H and O–H groups in total. The molecule has 2 amide bonds. The molecule has 1 atom stereocenters. The highest BCUT2D eigenvalue weighted by molar-refractivity contribution is 5.98. The number of amides is 2. The summed E-state index contributed by atoms with van der Waals surface area (Å²) in [5.41, 5.74) is 5.68. The standard InChI is InChI=1S/C28H28N2O5/c1-3-8-24(26(31)29-25-15-18(27(32)33)14-13-17(25)2)30-28(34)35-16-23-21-11-6-4-9-19(21)20-10-5-7-12-22(20)23/h4-7,9-15,23-24H,3,8,16H2,1-2H3,(H,29,31)(H,30,34)(H,32,33)/t24-/m1/s1. The number of alkyl carbamates (subject to hydrolysis) is 1. The van der Waals surface area contributed by atoms with E-state index in [9.17, 15) is 19.5 Å². The summed E-state index contributed by atoms with van der Waals surface area (Å²) in [4.78, 5) is 36.9. The lowest BCUT2D eigenvalue weighted by Gasteiger charge is -2.20. The van der Waals surface area contributed by atoms with Gasteiger partial charge in [0.2, 0.25) is 5.91 Å². The minimum absolute atomic E-state index is 0.0717. The molecule has 0 spiro atoms. The summed E-state index contributed by atoms with van der Waals surface area (Å²) in [6.07, 6.45) is 0.403. The third-order valence-electron chi connectivity index (χ3n) is 6.27. The molecule has 3 aromatic rings. The highest BCUT2D eigenvalue weighted by Crippen LogP contribution is 2.44. The number of hydrogen-bond acceptors (Lipinski definition) is 4. The SMILES string of the molecule is CCC[C@@H](NC(=O)OCC1c2ccccc2-c2ccccc21)C(=O)Nc1cc(C(=O)O)ccc1C. The normalized spacial score (nSPS) is 12.9. The minimum atomic E-state index is -1.08. The largest absolute Gasteiger partial charge is 0.478 e. The summed E-state index contributed by atoms with van der Waals surface area (Å²) in [5.74, 6) is -1.58. The van der Waals surface area contributed by atoms with Gasteiger partial charge in [-0.3, -0.25) is 4.79 Å². The number of anilines is 1. The number of carbonyl (C=O) groups excluding carboxylic acids is 2.